The number of nitrogens with one attached hydrogen (secondary N) is 5. The maximum atomic E-state index is 13.9. The predicted molar refractivity (Wildman–Crippen MR) is 238 cm³/mol. The van der Waals surface area contributed by atoms with E-state index in [1.807, 2.05) is 37.4 Å². The van der Waals surface area contributed by atoms with E-state index >= 15 is 0 Å². The van der Waals surface area contributed by atoms with Gasteiger partial charge in [0.15, 0.2) is 0 Å². The van der Waals surface area contributed by atoms with E-state index in [2.05, 4.69) is 51.9 Å². The van der Waals surface area contributed by atoms with Crippen LogP contribution in [0.1, 0.15) is 55.0 Å². The van der Waals surface area contributed by atoms with Crippen LogP contribution in [-0.2, 0) is 27.1 Å². The summed E-state index contributed by atoms with van der Waals surface area (Å²) in [6.45, 7) is 7.47. The quantitative estimate of drug-likeness (QED) is 0.123. The largest absolute Gasteiger partial charge is 0.417 e. The summed E-state index contributed by atoms with van der Waals surface area (Å²) in [5.74, 6) is -3.76. The molecule has 0 saturated carbocycles. The lowest BCUT2D eigenvalue weighted by molar-refractivity contribution is -0.138. The molecular weight excluding hydrogens is 862 g/mol. The van der Waals surface area contributed by atoms with Gasteiger partial charge in [0, 0.05) is 96.4 Å². The number of H-pyrrole nitrogens is 1. The van der Waals surface area contributed by atoms with Crippen LogP contribution in [0.25, 0.3) is 11.1 Å². The zero-order valence-electron chi connectivity index (χ0n) is 36.1. The van der Waals surface area contributed by atoms with Crippen molar-refractivity contribution in [3.63, 3.8) is 0 Å². The molecule has 1 atom stereocenters. The minimum Gasteiger partial charge on any atom is -0.375 e. The number of piperazine rings is 2. The third-order valence-electron chi connectivity index (χ3n) is 12.4. The van der Waals surface area contributed by atoms with Crippen LogP contribution in [0.3, 0.4) is 0 Å². The summed E-state index contributed by atoms with van der Waals surface area (Å²) in [5, 5.41) is 10.8. The maximum absolute atomic E-state index is 13.9. The van der Waals surface area contributed by atoms with Gasteiger partial charge < -0.3 is 30.7 Å². The van der Waals surface area contributed by atoms with Crippen LogP contribution in [0, 0.1) is 0 Å². The molecule has 5 heterocycles. The number of nitrogens with zero attached hydrogens (tertiary/aromatic N) is 5. The fraction of sp³-hybridized carbons (Fsp3) is 0.370. The molecule has 0 aliphatic carbocycles. The molecule has 8 rings (SSSR count). The molecule has 0 bridgehead atoms. The zero-order valence-corrected chi connectivity index (χ0v) is 36.1. The minimum atomic E-state index is -4.91. The van der Waals surface area contributed by atoms with Crippen LogP contribution in [0.5, 0.6) is 0 Å². The number of alkyl halides is 3. The summed E-state index contributed by atoms with van der Waals surface area (Å²) < 4.78 is 41.7. The molecule has 0 radical (unpaired) electrons. The van der Waals surface area contributed by atoms with Crippen molar-refractivity contribution in [3.8, 4) is 11.1 Å². The summed E-state index contributed by atoms with van der Waals surface area (Å²) in [7, 11) is 2.01. The molecule has 3 aromatic carbocycles. The zero-order chi connectivity index (χ0) is 46.7. The Morgan fingerprint density at radius 1 is 0.803 bits per heavy atom. The van der Waals surface area contributed by atoms with E-state index in [0.29, 0.717) is 55.9 Å². The van der Waals surface area contributed by atoms with Crippen LogP contribution >= 0.6 is 0 Å². The van der Waals surface area contributed by atoms with Gasteiger partial charge in [0.1, 0.15) is 6.04 Å². The van der Waals surface area contributed by atoms with Crippen molar-refractivity contribution in [2.75, 3.05) is 94.6 Å². The highest BCUT2D eigenvalue weighted by atomic mass is 19.4. The number of carbonyl (C=O) groups excluding carboxylic acids is 6. The first-order chi connectivity index (χ1) is 31.6. The van der Waals surface area contributed by atoms with Gasteiger partial charge in [-0.2, -0.15) is 13.2 Å². The van der Waals surface area contributed by atoms with Crippen LogP contribution in [0.15, 0.2) is 77.7 Å². The standard InChI is InChI=1S/C46H49F3N10O7/c1-55-14-20-58(21-15-55)36-9-8-30(23-35(36)53-42(63)32-25-52-39(61)24-33(32)46(47,48)49)29-5-2-4-28(22-29)27-57-18-16-56(17-19-57)13-12-50-40(62)26-51-34-7-3-6-31-41(34)45(66)59(44(31)65)37-10-11-38(60)54-43(37)64/h2-9,22-25,37,51H,10-21,26-27H2,1H3,(H,50,62)(H,52,61)(H,53,63)(H,54,60,64). The second-order valence-corrected chi connectivity index (χ2v) is 16.8. The smallest absolute Gasteiger partial charge is 0.375 e. The Kier molecular flexibility index (Phi) is 13.3. The van der Waals surface area contributed by atoms with Crippen molar-refractivity contribution >= 4 is 52.5 Å². The summed E-state index contributed by atoms with van der Waals surface area (Å²) >= 11 is 0. The molecule has 6 amide bonds. The van der Waals surface area contributed by atoms with E-state index in [9.17, 15) is 46.7 Å². The van der Waals surface area contributed by atoms with Gasteiger partial charge in [0.05, 0.1) is 40.2 Å². The number of aromatic nitrogens is 1. The number of aromatic amines is 1. The topological polar surface area (TPSA) is 200 Å². The highest BCUT2D eigenvalue weighted by Crippen LogP contribution is 2.36. The molecule has 1 unspecified atom stereocenters. The SMILES string of the molecule is CN1CCN(c2ccc(-c3cccc(CN4CCN(CCNC(=O)CNc5cccc6c5C(=O)N(C5CCC(=O)NC5=O)C6=O)CC4)c3)cc2NC(=O)c2c[nH]c(=O)cc2C(F)(F)F)CC1. The maximum Gasteiger partial charge on any atom is 0.417 e. The Morgan fingerprint density at radius 3 is 2.27 bits per heavy atom. The van der Waals surface area contributed by atoms with Crippen molar-refractivity contribution in [3.05, 3.63) is 111 Å². The highest BCUT2D eigenvalue weighted by Gasteiger charge is 2.45. The lowest BCUT2D eigenvalue weighted by Crippen LogP contribution is -2.54. The molecule has 4 aliphatic rings. The Bertz CT molecular complexity index is 2620. The molecule has 5 N–H and O–H groups in total. The van der Waals surface area contributed by atoms with Crippen molar-refractivity contribution in [1.29, 1.82) is 0 Å². The first-order valence-corrected chi connectivity index (χ1v) is 21.7. The van der Waals surface area contributed by atoms with E-state index in [4.69, 9.17) is 0 Å². The summed E-state index contributed by atoms with van der Waals surface area (Å²) in [6, 6.07) is 17.5. The van der Waals surface area contributed by atoms with Crippen LogP contribution < -0.4 is 31.7 Å². The van der Waals surface area contributed by atoms with Crippen LogP contribution in [-0.4, -0.2) is 145 Å². The van der Waals surface area contributed by atoms with Gasteiger partial charge in [-0.05, 0) is 60.5 Å². The van der Waals surface area contributed by atoms with Crippen molar-refractivity contribution in [2.24, 2.45) is 0 Å². The van der Waals surface area contributed by atoms with E-state index in [1.54, 1.807) is 18.2 Å². The second-order valence-electron chi connectivity index (χ2n) is 16.8. The number of benzene rings is 3. The minimum absolute atomic E-state index is 0.00971. The third-order valence-corrected chi connectivity index (χ3v) is 12.4. The average Bonchev–Trinajstić information content (AvgIpc) is 3.55. The van der Waals surface area contributed by atoms with Gasteiger partial charge in [-0.25, -0.2) is 0 Å². The van der Waals surface area contributed by atoms with Gasteiger partial charge in [-0.1, -0.05) is 30.3 Å². The van der Waals surface area contributed by atoms with Crippen molar-refractivity contribution in [1.82, 2.24) is 35.2 Å². The number of pyridine rings is 1. The third kappa shape index (κ3) is 10.1. The molecule has 4 aromatic rings. The van der Waals surface area contributed by atoms with Crippen molar-refractivity contribution < 1.29 is 41.9 Å². The van der Waals surface area contributed by atoms with E-state index < -0.39 is 58.4 Å². The first kappa shape index (κ1) is 45.7. The molecule has 3 fully saturated rings. The number of amides is 6. The molecule has 346 valence electrons. The molecule has 17 nitrogen and oxygen atoms in total. The summed E-state index contributed by atoms with van der Waals surface area (Å²) in [6.07, 6.45) is -4.08. The second kappa shape index (κ2) is 19.3. The van der Waals surface area contributed by atoms with E-state index in [1.165, 1.54) is 6.07 Å². The van der Waals surface area contributed by atoms with E-state index in [0.717, 1.165) is 67.1 Å². The summed E-state index contributed by atoms with van der Waals surface area (Å²) in [4.78, 5) is 101. The molecule has 1 aromatic heterocycles. The number of hydrogen-bond donors (Lipinski definition) is 5. The number of anilines is 3. The Morgan fingerprint density at radius 2 is 1.53 bits per heavy atom. The molecule has 20 heteroatoms. The van der Waals surface area contributed by atoms with Gasteiger partial charge in [-0.15, -0.1) is 0 Å². The fourth-order valence-electron chi connectivity index (χ4n) is 8.75. The van der Waals surface area contributed by atoms with Gasteiger partial charge in [0.2, 0.25) is 23.3 Å². The highest BCUT2D eigenvalue weighted by molar-refractivity contribution is 6.25. The molecular formula is C46H49F3N10O7. The van der Waals surface area contributed by atoms with Gasteiger partial charge in [0.25, 0.3) is 17.7 Å². The monoisotopic (exact) mass is 910 g/mol. The number of likely N-dealkylation sites (N-methyl/N-ethyl adjacent to an activating group) is 1. The number of hydrogen-bond acceptors (Lipinski definition) is 12. The Balaban J connectivity index is 0.838. The Labute approximate surface area is 377 Å². The molecule has 3 saturated heterocycles. The van der Waals surface area contributed by atoms with Crippen LogP contribution in [0.2, 0.25) is 0 Å². The summed E-state index contributed by atoms with van der Waals surface area (Å²) in [5.41, 5.74) is 1.22. The van der Waals surface area contributed by atoms with Crippen molar-refractivity contribution in [2.45, 2.75) is 31.6 Å². The molecule has 0 spiro atoms. The normalized spacial score (nSPS) is 18.6. The number of carbonyl (C=O) groups is 6. The lowest BCUT2D eigenvalue weighted by Gasteiger charge is -2.35. The first-order valence-electron chi connectivity index (χ1n) is 21.7. The molecule has 66 heavy (non-hydrogen) atoms. The van der Waals surface area contributed by atoms with Crippen LogP contribution in [0.4, 0.5) is 30.2 Å². The van der Waals surface area contributed by atoms with Gasteiger partial charge >= 0.3 is 6.18 Å². The van der Waals surface area contributed by atoms with E-state index in [-0.39, 0.29) is 36.4 Å². The number of halogens is 3. The lowest BCUT2D eigenvalue weighted by atomic mass is 10.0. The number of rotatable bonds is 13. The number of fused-ring (bicyclic) bond motifs is 1. The Hall–Kier alpha value is -6.90. The predicted octanol–water partition coefficient (Wildman–Crippen LogP) is 2.81. The fourth-order valence-corrected chi connectivity index (χ4v) is 8.75. The average molecular weight is 911 g/mol. The molecule has 4 aliphatic heterocycles. The number of imide groups is 2. The number of piperidine rings is 1. The van der Waals surface area contributed by atoms with Gasteiger partial charge in [-0.3, -0.25) is 53.6 Å².